The summed E-state index contributed by atoms with van der Waals surface area (Å²) in [5.41, 5.74) is 2.74. The van der Waals surface area contributed by atoms with Crippen molar-refractivity contribution in [1.29, 1.82) is 0 Å². The molecule has 3 rings (SSSR count). The fourth-order valence-electron chi connectivity index (χ4n) is 2.28. The molecule has 0 fully saturated rings. The van der Waals surface area contributed by atoms with Crippen LogP contribution in [0, 0.1) is 24.0 Å². The Kier molecular flexibility index (Phi) is 4.25. The molecule has 126 valence electrons. The highest BCUT2D eigenvalue weighted by molar-refractivity contribution is 6.03. The highest BCUT2D eigenvalue weighted by atomic mass is 16.6. The number of nitro groups is 1. The second-order valence-corrected chi connectivity index (χ2v) is 5.49. The van der Waals surface area contributed by atoms with Gasteiger partial charge in [-0.05, 0) is 31.5 Å². The molecule has 2 aromatic carbocycles. The van der Waals surface area contributed by atoms with E-state index in [0.717, 1.165) is 16.7 Å². The van der Waals surface area contributed by atoms with Gasteiger partial charge in [0.25, 0.3) is 11.6 Å². The molecule has 0 saturated carbocycles. The van der Waals surface area contributed by atoms with E-state index in [2.05, 4.69) is 15.5 Å². The average molecular weight is 338 g/mol. The standard InChI is InChI=1S/C17H14N4O4/c1-10-6-7-11(2)14(8-10)16-19-20-17(25-16)18-15(22)12-4-3-5-13(9-12)21(23)24/h3-9H,1-2H3,(H,18,20,22). The largest absolute Gasteiger partial charge is 0.403 e. The zero-order valence-electron chi connectivity index (χ0n) is 13.5. The first-order chi connectivity index (χ1) is 11.9. The number of rotatable bonds is 4. The van der Waals surface area contributed by atoms with Crippen molar-refractivity contribution < 1.29 is 14.1 Å². The Labute approximate surface area is 142 Å². The van der Waals surface area contributed by atoms with Gasteiger partial charge in [0.15, 0.2) is 0 Å². The highest BCUT2D eigenvalue weighted by Crippen LogP contribution is 2.25. The van der Waals surface area contributed by atoms with E-state index in [0.29, 0.717) is 0 Å². The SMILES string of the molecule is Cc1ccc(C)c(-c2nnc(NC(=O)c3cccc([N+](=O)[O-])c3)o2)c1. The molecule has 1 heterocycles. The summed E-state index contributed by atoms with van der Waals surface area (Å²) in [4.78, 5) is 22.4. The number of nitrogens with zero attached hydrogens (tertiary/aromatic N) is 3. The molecule has 0 aliphatic rings. The van der Waals surface area contributed by atoms with Gasteiger partial charge in [-0.15, -0.1) is 5.10 Å². The number of nitrogens with one attached hydrogen (secondary N) is 1. The third-order valence-electron chi connectivity index (χ3n) is 3.59. The van der Waals surface area contributed by atoms with E-state index >= 15 is 0 Å². The zero-order chi connectivity index (χ0) is 18.0. The Morgan fingerprint density at radius 3 is 2.72 bits per heavy atom. The van der Waals surface area contributed by atoms with E-state index in [4.69, 9.17) is 4.42 Å². The summed E-state index contributed by atoms with van der Waals surface area (Å²) in [5, 5.41) is 21.0. The molecular formula is C17H14N4O4. The van der Waals surface area contributed by atoms with Gasteiger partial charge in [0.2, 0.25) is 5.89 Å². The van der Waals surface area contributed by atoms with Gasteiger partial charge in [0.05, 0.1) is 4.92 Å². The van der Waals surface area contributed by atoms with Gasteiger partial charge in [-0.25, -0.2) is 0 Å². The average Bonchev–Trinajstić information content (AvgIpc) is 3.05. The summed E-state index contributed by atoms with van der Waals surface area (Å²) in [7, 11) is 0. The second-order valence-electron chi connectivity index (χ2n) is 5.49. The van der Waals surface area contributed by atoms with Crippen LogP contribution in [-0.4, -0.2) is 21.0 Å². The molecule has 3 aromatic rings. The van der Waals surface area contributed by atoms with Crippen molar-refractivity contribution in [3.63, 3.8) is 0 Å². The third-order valence-corrected chi connectivity index (χ3v) is 3.59. The molecule has 8 heteroatoms. The lowest BCUT2D eigenvalue weighted by Gasteiger charge is -2.02. The number of amides is 1. The predicted octanol–water partition coefficient (Wildman–Crippen LogP) is 3.51. The van der Waals surface area contributed by atoms with E-state index in [1.807, 2.05) is 32.0 Å². The lowest BCUT2D eigenvalue weighted by Crippen LogP contribution is -2.12. The maximum Gasteiger partial charge on any atom is 0.322 e. The lowest BCUT2D eigenvalue weighted by molar-refractivity contribution is -0.384. The number of aromatic nitrogens is 2. The first-order valence-corrected chi connectivity index (χ1v) is 7.41. The lowest BCUT2D eigenvalue weighted by atomic mass is 10.1. The number of nitro benzene ring substituents is 1. The van der Waals surface area contributed by atoms with Gasteiger partial charge in [0.1, 0.15) is 0 Å². The number of anilines is 1. The van der Waals surface area contributed by atoms with Gasteiger partial charge in [-0.1, -0.05) is 28.9 Å². The van der Waals surface area contributed by atoms with Crippen molar-refractivity contribution in [2.45, 2.75) is 13.8 Å². The van der Waals surface area contributed by atoms with Crippen molar-refractivity contribution in [1.82, 2.24) is 10.2 Å². The van der Waals surface area contributed by atoms with Crippen molar-refractivity contribution in [2.75, 3.05) is 5.32 Å². The third kappa shape index (κ3) is 3.52. The molecule has 1 amide bonds. The van der Waals surface area contributed by atoms with Gasteiger partial charge < -0.3 is 4.42 Å². The van der Waals surface area contributed by atoms with E-state index in [-0.39, 0.29) is 23.2 Å². The second kappa shape index (κ2) is 6.52. The Bertz CT molecular complexity index is 965. The number of hydrogen-bond acceptors (Lipinski definition) is 6. The van der Waals surface area contributed by atoms with Gasteiger partial charge >= 0.3 is 6.01 Å². The minimum Gasteiger partial charge on any atom is -0.403 e. The maximum atomic E-state index is 12.2. The highest BCUT2D eigenvalue weighted by Gasteiger charge is 2.16. The number of aryl methyl sites for hydroxylation is 2. The zero-order valence-corrected chi connectivity index (χ0v) is 13.5. The molecule has 0 unspecified atom stereocenters. The van der Waals surface area contributed by atoms with Crippen molar-refractivity contribution in [3.8, 4) is 11.5 Å². The monoisotopic (exact) mass is 338 g/mol. The number of carbonyl (C=O) groups is 1. The molecule has 0 spiro atoms. The minimum atomic E-state index is -0.570. The molecule has 0 aliphatic heterocycles. The number of carbonyl (C=O) groups excluding carboxylic acids is 1. The summed E-state index contributed by atoms with van der Waals surface area (Å²) in [6.07, 6.45) is 0. The quantitative estimate of drug-likeness (QED) is 0.575. The number of hydrogen-bond donors (Lipinski definition) is 1. The van der Waals surface area contributed by atoms with Crippen LogP contribution in [0.1, 0.15) is 21.5 Å². The minimum absolute atomic E-state index is 0.0765. The van der Waals surface area contributed by atoms with Gasteiger partial charge in [-0.2, -0.15) is 0 Å². The van der Waals surface area contributed by atoms with Crippen molar-refractivity contribution in [3.05, 3.63) is 69.3 Å². The predicted molar refractivity (Wildman–Crippen MR) is 90.3 cm³/mol. The Balaban J connectivity index is 1.81. The fraction of sp³-hybridized carbons (Fsp3) is 0.118. The van der Waals surface area contributed by atoms with Crippen LogP contribution < -0.4 is 5.32 Å². The van der Waals surface area contributed by atoms with Crippen molar-refractivity contribution in [2.24, 2.45) is 0 Å². The molecule has 0 aliphatic carbocycles. The maximum absolute atomic E-state index is 12.2. The summed E-state index contributed by atoms with van der Waals surface area (Å²) < 4.78 is 5.49. The van der Waals surface area contributed by atoms with Crippen LogP contribution in [0.3, 0.4) is 0 Å². The summed E-state index contributed by atoms with van der Waals surface area (Å²) in [6.45, 7) is 3.87. The van der Waals surface area contributed by atoms with E-state index in [9.17, 15) is 14.9 Å². The molecule has 8 nitrogen and oxygen atoms in total. The van der Waals surface area contributed by atoms with E-state index < -0.39 is 10.8 Å². The van der Waals surface area contributed by atoms with Gasteiger partial charge in [-0.3, -0.25) is 20.2 Å². The van der Waals surface area contributed by atoms with Crippen LogP contribution in [0.25, 0.3) is 11.5 Å². The fourth-order valence-corrected chi connectivity index (χ4v) is 2.28. The molecule has 0 atom stereocenters. The number of benzene rings is 2. The molecular weight excluding hydrogens is 324 g/mol. The first-order valence-electron chi connectivity index (χ1n) is 7.41. The van der Waals surface area contributed by atoms with Gasteiger partial charge in [0, 0.05) is 23.3 Å². The smallest absolute Gasteiger partial charge is 0.322 e. The van der Waals surface area contributed by atoms with Crippen LogP contribution in [0.5, 0.6) is 0 Å². The van der Waals surface area contributed by atoms with Crippen LogP contribution in [0.4, 0.5) is 11.7 Å². The molecule has 1 aromatic heterocycles. The van der Waals surface area contributed by atoms with Crippen LogP contribution in [0.2, 0.25) is 0 Å². The van der Waals surface area contributed by atoms with Crippen molar-refractivity contribution >= 4 is 17.6 Å². The Hall–Kier alpha value is -3.55. The Morgan fingerprint density at radius 1 is 1.16 bits per heavy atom. The van der Waals surface area contributed by atoms with E-state index in [1.54, 1.807) is 0 Å². The van der Waals surface area contributed by atoms with Crippen LogP contribution in [-0.2, 0) is 0 Å². The molecule has 1 N–H and O–H groups in total. The normalized spacial score (nSPS) is 10.5. The summed E-state index contributed by atoms with van der Waals surface area (Å²) in [6, 6.07) is 11.1. The molecule has 25 heavy (non-hydrogen) atoms. The van der Waals surface area contributed by atoms with Crippen LogP contribution in [0.15, 0.2) is 46.9 Å². The molecule has 0 radical (unpaired) electrons. The summed E-state index contributed by atoms with van der Waals surface area (Å²) >= 11 is 0. The van der Waals surface area contributed by atoms with E-state index in [1.165, 1.54) is 24.3 Å². The molecule has 0 saturated heterocycles. The van der Waals surface area contributed by atoms with Crippen LogP contribution >= 0.6 is 0 Å². The first kappa shape index (κ1) is 16.3. The summed E-state index contributed by atoms with van der Waals surface area (Å²) in [5.74, 6) is -0.282. The Morgan fingerprint density at radius 2 is 1.96 bits per heavy atom. The number of non-ortho nitro benzene ring substituents is 1. The topological polar surface area (TPSA) is 111 Å². The molecule has 0 bridgehead atoms.